The summed E-state index contributed by atoms with van der Waals surface area (Å²) < 4.78 is 39.3. The van der Waals surface area contributed by atoms with E-state index in [1.54, 1.807) is 48.4 Å². The number of anilines is 2. The number of rotatable bonds is 9. The molecule has 1 heterocycles. The molecule has 1 fully saturated rings. The molecular formula is C27H31N3O5S. The van der Waals surface area contributed by atoms with E-state index >= 15 is 0 Å². The van der Waals surface area contributed by atoms with Crippen LogP contribution in [-0.2, 0) is 14.8 Å². The normalized spacial score (nSPS) is 13.8. The van der Waals surface area contributed by atoms with E-state index in [-0.39, 0.29) is 17.3 Å². The van der Waals surface area contributed by atoms with E-state index in [1.807, 2.05) is 37.3 Å². The van der Waals surface area contributed by atoms with Gasteiger partial charge in [-0.1, -0.05) is 30.3 Å². The van der Waals surface area contributed by atoms with Gasteiger partial charge < -0.3 is 19.3 Å². The molecule has 0 bridgehead atoms. The van der Waals surface area contributed by atoms with E-state index in [0.717, 1.165) is 11.4 Å². The van der Waals surface area contributed by atoms with Crippen LogP contribution >= 0.6 is 0 Å². The van der Waals surface area contributed by atoms with E-state index in [9.17, 15) is 13.2 Å². The largest absolute Gasteiger partial charge is 0.495 e. The van der Waals surface area contributed by atoms with Crippen molar-refractivity contribution >= 4 is 27.3 Å². The first kappa shape index (κ1) is 25.4. The number of sulfonamides is 1. The number of carbonyl (C=O) groups is 1. The molecule has 8 nitrogen and oxygen atoms in total. The average molecular weight is 510 g/mol. The van der Waals surface area contributed by atoms with E-state index in [4.69, 9.17) is 9.47 Å². The van der Waals surface area contributed by atoms with Gasteiger partial charge in [-0.2, -0.15) is 0 Å². The minimum absolute atomic E-state index is 0.101. The number of para-hydroxylation sites is 3. The zero-order valence-electron chi connectivity index (χ0n) is 20.5. The second kappa shape index (κ2) is 11.3. The molecule has 36 heavy (non-hydrogen) atoms. The number of ether oxygens (including phenoxy) is 2. The number of hydrogen-bond donors (Lipinski definition) is 0. The Balaban J connectivity index is 1.51. The van der Waals surface area contributed by atoms with Crippen LogP contribution in [-0.4, -0.2) is 65.7 Å². The summed E-state index contributed by atoms with van der Waals surface area (Å²) in [5, 5.41) is 0. The maximum Gasteiger partial charge on any atom is 0.264 e. The van der Waals surface area contributed by atoms with Crippen LogP contribution in [0, 0.1) is 0 Å². The molecule has 0 unspecified atom stereocenters. The zero-order chi connectivity index (χ0) is 25.5. The van der Waals surface area contributed by atoms with Crippen LogP contribution < -0.4 is 18.7 Å². The molecule has 1 saturated heterocycles. The highest BCUT2D eigenvalue weighted by atomic mass is 32.2. The number of carbonyl (C=O) groups excluding carboxylic acids is 1. The van der Waals surface area contributed by atoms with Crippen LogP contribution in [0.25, 0.3) is 0 Å². The van der Waals surface area contributed by atoms with Crippen molar-refractivity contribution < 1.29 is 22.7 Å². The van der Waals surface area contributed by atoms with E-state index < -0.39 is 10.0 Å². The lowest BCUT2D eigenvalue weighted by atomic mass is 10.2. The monoisotopic (exact) mass is 509 g/mol. The molecule has 0 aromatic heterocycles. The quantitative estimate of drug-likeness (QED) is 0.438. The van der Waals surface area contributed by atoms with Gasteiger partial charge in [0.25, 0.3) is 10.0 Å². The summed E-state index contributed by atoms with van der Waals surface area (Å²) in [5.74, 6) is 1.13. The summed E-state index contributed by atoms with van der Waals surface area (Å²) >= 11 is 0. The van der Waals surface area contributed by atoms with E-state index in [2.05, 4.69) is 4.90 Å². The Hall–Kier alpha value is -3.72. The van der Waals surface area contributed by atoms with Crippen molar-refractivity contribution in [2.75, 3.05) is 55.6 Å². The summed E-state index contributed by atoms with van der Waals surface area (Å²) in [5.41, 5.74) is 1.42. The molecule has 4 rings (SSSR count). The van der Waals surface area contributed by atoms with Crippen LogP contribution in [0.2, 0.25) is 0 Å². The highest BCUT2D eigenvalue weighted by Gasteiger charge is 2.30. The fourth-order valence-electron chi connectivity index (χ4n) is 4.22. The molecule has 0 atom stereocenters. The fourth-order valence-corrected chi connectivity index (χ4v) is 5.64. The maximum absolute atomic E-state index is 13.6. The Morgan fingerprint density at radius 3 is 2.17 bits per heavy atom. The van der Waals surface area contributed by atoms with Gasteiger partial charge in [-0.25, -0.2) is 8.42 Å². The molecule has 9 heteroatoms. The third-order valence-corrected chi connectivity index (χ3v) is 7.89. The van der Waals surface area contributed by atoms with Gasteiger partial charge >= 0.3 is 0 Å². The number of hydrogen-bond acceptors (Lipinski definition) is 6. The van der Waals surface area contributed by atoms with Crippen molar-refractivity contribution in [2.24, 2.45) is 0 Å². The van der Waals surface area contributed by atoms with Gasteiger partial charge in [-0.3, -0.25) is 9.10 Å². The van der Waals surface area contributed by atoms with Crippen LogP contribution in [0.5, 0.6) is 11.5 Å². The molecule has 0 aliphatic carbocycles. The first-order valence-corrected chi connectivity index (χ1v) is 13.3. The smallest absolute Gasteiger partial charge is 0.264 e. The summed E-state index contributed by atoms with van der Waals surface area (Å²) in [6.07, 6.45) is 0. The van der Waals surface area contributed by atoms with Gasteiger partial charge in [0.2, 0.25) is 5.91 Å². The number of nitrogens with zero attached hydrogens (tertiary/aromatic N) is 3. The molecule has 0 N–H and O–H groups in total. The molecule has 3 aromatic carbocycles. The Morgan fingerprint density at radius 2 is 1.53 bits per heavy atom. The molecule has 1 amide bonds. The van der Waals surface area contributed by atoms with Gasteiger partial charge in [0.05, 0.1) is 30.0 Å². The Kier molecular flexibility index (Phi) is 8.00. The second-order valence-electron chi connectivity index (χ2n) is 8.29. The molecule has 190 valence electrons. The summed E-state index contributed by atoms with van der Waals surface area (Å²) in [4.78, 5) is 17.3. The first-order valence-electron chi connectivity index (χ1n) is 11.9. The van der Waals surface area contributed by atoms with Crippen LogP contribution in [0.4, 0.5) is 11.4 Å². The van der Waals surface area contributed by atoms with Crippen molar-refractivity contribution in [3.8, 4) is 11.5 Å². The van der Waals surface area contributed by atoms with Crippen LogP contribution in [0.15, 0.2) is 83.8 Å². The number of benzene rings is 3. The lowest BCUT2D eigenvalue weighted by Crippen LogP contribution is -2.52. The maximum atomic E-state index is 13.6. The Morgan fingerprint density at radius 1 is 0.889 bits per heavy atom. The fraction of sp³-hybridized carbons (Fsp3) is 0.296. The van der Waals surface area contributed by atoms with Crippen molar-refractivity contribution in [1.29, 1.82) is 0 Å². The van der Waals surface area contributed by atoms with E-state index in [1.165, 1.54) is 16.4 Å². The van der Waals surface area contributed by atoms with Crippen LogP contribution in [0.1, 0.15) is 6.92 Å². The van der Waals surface area contributed by atoms with Crippen molar-refractivity contribution in [3.63, 3.8) is 0 Å². The molecular weight excluding hydrogens is 478 g/mol. The molecule has 1 aliphatic rings. The van der Waals surface area contributed by atoms with Crippen molar-refractivity contribution in [2.45, 2.75) is 11.8 Å². The predicted octanol–water partition coefficient (Wildman–Crippen LogP) is 3.64. The van der Waals surface area contributed by atoms with Gasteiger partial charge in [0.1, 0.15) is 18.0 Å². The topological polar surface area (TPSA) is 79.4 Å². The molecule has 3 aromatic rings. The number of amides is 1. The summed E-state index contributed by atoms with van der Waals surface area (Å²) in [6.45, 7) is 4.30. The molecule has 0 radical (unpaired) electrons. The summed E-state index contributed by atoms with van der Waals surface area (Å²) in [6, 6.07) is 22.8. The Labute approximate surface area is 212 Å². The molecule has 1 aliphatic heterocycles. The van der Waals surface area contributed by atoms with Crippen LogP contribution in [0.3, 0.4) is 0 Å². The third kappa shape index (κ3) is 5.57. The van der Waals surface area contributed by atoms with Crippen molar-refractivity contribution in [1.82, 2.24) is 4.90 Å². The lowest BCUT2D eigenvalue weighted by molar-refractivity contribution is -0.129. The molecule has 0 saturated carbocycles. The van der Waals surface area contributed by atoms with E-state index in [0.29, 0.717) is 44.2 Å². The van der Waals surface area contributed by atoms with Gasteiger partial charge in [-0.05, 0) is 55.5 Å². The minimum atomic E-state index is -3.98. The summed E-state index contributed by atoms with van der Waals surface area (Å²) in [7, 11) is -2.34. The average Bonchev–Trinajstić information content (AvgIpc) is 2.92. The lowest BCUT2D eigenvalue weighted by Gasteiger charge is -2.37. The van der Waals surface area contributed by atoms with Crippen molar-refractivity contribution in [3.05, 3.63) is 78.9 Å². The SMILES string of the molecule is CCOc1ccc(S(=O)(=O)N(CC(=O)N2CCN(c3ccccc3OC)CC2)c2ccccc2)cc1. The number of methoxy groups -OCH3 is 1. The molecule has 0 spiro atoms. The number of piperazine rings is 1. The minimum Gasteiger partial charge on any atom is -0.495 e. The van der Waals surface area contributed by atoms with Gasteiger partial charge in [-0.15, -0.1) is 0 Å². The van der Waals surface area contributed by atoms with Gasteiger partial charge in [0.15, 0.2) is 0 Å². The second-order valence-corrected chi connectivity index (χ2v) is 10.2. The Bertz CT molecular complexity index is 1260. The standard InChI is InChI=1S/C27H31N3O5S/c1-3-35-23-13-15-24(16-14-23)36(32,33)30(22-9-5-4-6-10-22)21-27(31)29-19-17-28(18-20-29)25-11-7-8-12-26(25)34-2/h4-16H,3,17-21H2,1-2H3. The van der Waals surface area contributed by atoms with Gasteiger partial charge in [0, 0.05) is 26.2 Å². The highest BCUT2D eigenvalue weighted by molar-refractivity contribution is 7.92. The third-order valence-electron chi connectivity index (χ3n) is 6.10. The highest BCUT2D eigenvalue weighted by Crippen LogP contribution is 2.29. The predicted molar refractivity (Wildman–Crippen MR) is 140 cm³/mol. The first-order chi connectivity index (χ1) is 17.4. The zero-order valence-corrected chi connectivity index (χ0v) is 21.4.